The summed E-state index contributed by atoms with van der Waals surface area (Å²) in [5, 5.41) is 5.04. The zero-order chi connectivity index (χ0) is 79.2. The molecule has 2 aromatic heterocycles. The molecule has 0 radical (unpaired) electrons. The Balaban J connectivity index is 0.631. The number of thiophene rings is 2. The molecule has 1 unspecified atom stereocenters. The van der Waals surface area contributed by atoms with Gasteiger partial charge in [-0.05, 0) is 252 Å². The number of hydrogen-bond acceptors (Lipinski definition) is 4. The maximum absolute atomic E-state index is 2.58. The summed E-state index contributed by atoms with van der Waals surface area (Å²) in [5.41, 5.74) is 44.2. The first-order valence-electron chi connectivity index (χ1n) is 42.1. The number of benzene rings is 18. The van der Waals surface area contributed by atoms with Gasteiger partial charge in [-0.25, -0.2) is 0 Å². The molecule has 0 N–H and O–H groups in total. The van der Waals surface area contributed by atoms with Gasteiger partial charge in [-0.3, -0.25) is 0 Å². The molecule has 0 amide bonds. The van der Waals surface area contributed by atoms with Crippen molar-refractivity contribution in [2.75, 3.05) is 9.80 Å². The second-order valence-corrected chi connectivity index (χ2v) is 36.9. The van der Waals surface area contributed by atoms with Crippen molar-refractivity contribution >= 4 is 97.1 Å². The van der Waals surface area contributed by atoms with Gasteiger partial charge in [0.1, 0.15) is 0 Å². The Bertz CT molecular complexity index is 7850. The average molecular weight is 1560 g/mol. The van der Waals surface area contributed by atoms with E-state index in [1.807, 2.05) is 22.7 Å². The molecule has 2 spiro atoms. The number of rotatable bonds is 9. The molecule has 20 aromatic rings. The van der Waals surface area contributed by atoms with Gasteiger partial charge in [0, 0.05) is 79.6 Å². The molecule has 0 saturated carbocycles. The van der Waals surface area contributed by atoms with E-state index in [0.717, 1.165) is 34.1 Å². The second-order valence-electron chi connectivity index (χ2n) is 34.7. The number of nitrogens with zero attached hydrogens (tertiary/aromatic N) is 2. The number of anilines is 6. The highest BCUT2D eigenvalue weighted by Gasteiger charge is 2.54. The third-order valence-corrected chi connectivity index (χ3v) is 30.5. The molecule has 1 atom stereocenters. The van der Waals surface area contributed by atoms with Crippen LogP contribution in [-0.2, 0) is 21.7 Å². The second kappa shape index (κ2) is 24.8. The van der Waals surface area contributed by atoms with Gasteiger partial charge in [0.05, 0.1) is 16.5 Å². The standard InChI is InChI=1S/C116H76N2S2/c1-113(2)94-44-13-5-35-84(94)90-42-23-40-78(111(90)113)69-27-21-29-72(63-69)117(74-56-60-86-82-33-9-17-48-98(82)115(102(86)66-74)96-46-15-7-31-80(96)81-32-8-16-47-97(81)115)76-58-62-89-88-59-55-71(65-107(88)120-108(89)68-76)77-39-25-51-101-109(77)92-37-11-19-50-100(92)116(101)99-49-18-10-34-83(99)87-61-57-75(67-103(87)116)118(104-52-26-54-106-110(104)93-38-12-20-53-105(93)119-106)73-30-22-28-70(64-73)79-41-24-43-91-85-36-6-14-45-95(85)114(3,4)112(79)91/h5-68H,1-4H3. The summed E-state index contributed by atoms with van der Waals surface area (Å²) in [4.78, 5) is 5.12. The van der Waals surface area contributed by atoms with Crippen molar-refractivity contribution in [3.8, 4) is 100 Å². The van der Waals surface area contributed by atoms with E-state index in [0.29, 0.717) is 0 Å². The van der Waals surface area contributed by atoms with Crippen LogP contribution in [0.25, 0.3) is 140 Å². The molecule has 18 aromatic carbocycles. The van der Waals surface area contributed by atoms with Crippen molar-refractivity contribution < 1.29 is 0 Å². The molecule has 2 nitrogen and oxygen atoms in total. The largest absolute Gasteiger partial charge is 0.310 e. The van der Waals surface area contributed by atoms with Gasteiger partial charge in [0.2, 0.25) is 0 Å². The molecule has 0 saturated heterocycles. The Hall–Kier alpha value is -14.0. The summed E-state index contributed by atoms with van der Waals surface area (Å²) in [6.07, 6.45) is 0. The van der Waals surface area contributed by atoms with Crippen LogP contribution in [0.15, 0.2) is 388 Å². The summed E-state index contributed by atoms with van der Waals surface area (Å²) in [7, 11) is 0. The Labute approximate surface area is 706 Å². The normalized spacial score (nSPS) is 15.4. The molecule has 2 heterocycles. The maximum Gasteiger partial charge on any atom is 0.0726 e. The number of fused-ring (bicyclic) bond motifs is 32. The van der Waals surface area contributed by atoms with Crippen LogP contribution in [-0.4, -0.2) is 0 Å². The predicted octanol–water partition coefficient (Wildman–Crippen LogP) is 31.7. The first-order chi connectivity index (χ1) is 59.0. The fraction of sp³-hybridized carbons (Fsp3) is 0.0690. The van der Waals surface area contributed by atoms with Gasteiger partial charge >= 0.3 is 0 Å². The van der Waals surface area contributed by atoms with E-state index >= 15 is 0 Å². The fourth-order valence-electron chi connectivity index (χ4n) is 23.5. The van der Waals surface area contributed by atoms with Crippen molar-refractivity contribution in [1.29, 1.82) is 0 Å². The van der Waals surface area contributed by atoms with Crippen molar-refractivity contribution in [3.63, 3.8) is 0 Å². The quantitative estimate of drug-likeness (QED) is 0.142. The predicted molar refractivity (Wildman–Crippen MR) is 506 cm³/mol. The molecule has 120 heavy (non-hydrogen) atoms. The van der Waals surface area contributed by atoms with E-state index in [4.69, 9.17) is 0 Å². The Morgan fingerprint density at radius 3 is 1.12 bits per heavy atom. The van der Waals surface area contributed by atoms with Gasteiger partial charge in [0.15, 0.2) is 0 Å². The van der Waals surface area contributed by atoms with Crippen LogP contribution in [0, 0.1) is 0 Å². The van der Waals surface area contributed by atoms with Crippen LogP contribution in [0.4, 0.5) is 34.1 Å². The minimum absolute atomic E-state index is 0.189. The fourth-order valence-corrected chi connectivity index (χ4v) is 25.8. The third kappa shape index (κ3) is 9.01. The molecule has 6 aliphatic rings. The van der Waals surface area contributed by atoms with Crippen LogP contribution >= 0.6 is 22.7 Å². The van der Waals surface area contributed by atoms with E-state index in [9.17, 15) is 0 Å². The highest BCUT2D eigenvalue weighted by atomic mass is 32.1. The van der Waals surface area contributed by atoms with Gasteiger partial charge in [-0.2, -0.15) is 0 Å². The first-order valence-corrected chi connectivity index (χ1v) is 43.7. The van der Waals surface area contributed by atoms with Crippen molar-refractivity contribution in [2.45, 2.75) is 49.4 Å². The Kier molecular flexibility index (Phi) is 14.1. The average Bonchev–Trinajstić information content (AvgIpc) is 1.50. The zero-order valence-electron chi connectivity index (χ0n) is 66.7. The SMILES string of the molecule is CC1(C)c2ccccc2-c2cccc(-c3cccc(N(c4ccc5c(c4)C4(c6ccccc6-c6ccccc64)c4ccccc4-5)c4ccc5c(c4)sc4cc(-c6cccc7c6-c6ccccc6C76c7ccccc7-c7ccc(N(c8cccc(-c9cccc%10c9C(C)(C)c9ccccc9-%10)c8)c8cccc9sc%10ccccc%10c89)cc76)ccc45)c3)c21. The van der Waals surface area contributed by atoms with Crippen LogP contribution in [0.2, 0.25) is 0 Å². The van der Waals surface area contributed by atoms with Gasteiger partial charge in [-0.1, -0.05) is 331 Å². The van der Waals surface area contributed by atoms with Crippen LogP contribution < -0.4 is 9.80 Å². The molecule has 0 aliphatic heterocycles. The Morgan fingerprint density at radius 1 is 0.200 bits per heavy atom. The van der Waals surface area contributed by atoms with Crippen LogP contribution in [0.1, 0.15) is 94.5 Å². The van der Waals surface area contributed by atoms with Crippen LogP contribution in [0.5, 0.6) is 0 Å². The third-order valence-electron chi connectivity index (χ3n) is 28.2. The molecule has 562 valence electrons. The summed E-state index contributed by atoms with van der Waals surface area (Å²) < 4.78 is 5.05. The van der Waals surface area contributed by atoms with E-state index in [1.54, 1.807) is 0 Å². The lowest BCUT2D eigenvalue weighted by Gasteiger charge is -2.32. The lowest BCUT2D eigenvalue weighted by molar-refractivity contribution is 0.662. The van der Waals surface area contributed by atoms with Crippen molar-refractivity contribution in [1.82, 2.24) is 0 Å². The van der Waals surface area contributed by atoms with E-state index in [2.05, 4.69) is 426 Å². The maximum atomic E-state index is 2.58. The summed E-state index contributed by atoms with van der Waals surface area (Å²) >= 11 is 3.78. The topological polar surface area (TPSA) is 6.48 Å². The van der Waals surface area contributed by atoms with Crippen molar-refractivity contribution in [3.05, 3.63) is 455 Å². The molecular formula is C116H76N2S2. The minimum atomic E-state index is -0.647. The van der Waals surface area contributed by atoms with Crippen LogP contribution in [0.3, 0.4) is 0 Å². The summed E-state index contributed by atoms with van der Waals surface area (Å²) in [6, 6.07) is 149. The van der Waals surface area contributed by atoms with Crippen molar-refractivity contribution in [2.24, 2.45) is 0 Å². The highest BCUT2D eigenvalue weighted by Crippen LogP contribution is 2.68. The molecule has 4 heteroatoms. The van der Waals surface area contributed by atoms with Gasteiger partial charge in [-0.15, -0.1) is 22.7 Å². The molecular weight excluding hydrogens is 1490 g/mol. The smallest absolute Gasteiger partial charge is 0.0726 e. The molecule has 6 aliphatic carbocycles. The van der Waals surface area contributed by atoms with E-state index < -0.39 is 10.8 Å². The lowest BCUT2D eigenvalue weighted by Crippen LogP contribution is -2.26. The molecule has 0 fully saturated rings. The van der Waals surface area contributed by atoms with E-state index in [1.165, 1.54) is 207 Å². The van der Waals surface area contributed by atoms with Gasteiger partial charge in [0.25, 0.3) is 0 Å². The summed E-state index contributed by atoms with van der Waals surface area (Å²) in [5.74, 6) is 0. The molecule has 0 bridgehead atoms. The monoisotopic (exact) mass is 1560 g/mol. The first kappa shape index (κ1) is 68.1. The van der Waals surface area contributed by atoms with E-state index in [-0.39, 0.29) is 10.8 Å². The Morgan fingerprint density at radius 2 is 0.550 bits per heavy atom. The number of hydrogen-bond donors (Lipinski definition) is 0. The minimum Gasteiger partial charge on any atom is -0.310 e. The summed E-state index contributed by atoms with van der Waals surface area (Å²) in [6.45, 7) is 9.61. The highest BCUT2D eigenvalue weighted by molar-refractivity contribution is 7.26. The zero-order valence-corrected chi connectivity index (χ0v) is 68.3. The molecule has 26 rings (SSSR count). The van der Waals surface area contributed by atoms with Gasteiger partial charge < -0.3 is 9.80 Å². The lowest BCUT2D eigenvalue weighted by atomic mass is 9.70.